The number of benzene rings is 1. The summed E-state index contributed by atoms with van der Waals surface area (Å²) in [5.74, 6) is -0.477. The third-order valence-corrected chi connectivity index (χ3v) is 4.89. The van der Waals surface area contributed by atoms with E-state index in [1.165, 1.54) is 7.11 Å². The van der Waals surface area contributed by atoms with Crippen LogP contribution in [0.2, 0.25) is 0 Å². The third kappa shape index (κ3) is 3.56. The number of methoxy groups -OCH3 is 1. The molecule has 1 aromatic rings. The van der Waals surface area contributed by atoms with Crippen molar-refractivity contribution in [1.82, 2.24) is 5.32 Å². The third-order valence-electron chi connectivity index (χ3n) is 4.89. The van der Waals surface area contributed by atoms with Gasteiger partial charge in [0.2, 0.25) is 0 Å². The summed E-state index contributed by atoms with van der Waals surface area (Å²) >= 11 is 0. The molecule has 7 heteroatoms. The Bertz CT molecular complexity index is 644. The molecule has 138 valence electrons. The largest absolute Gasteiger partial charge is 0.497 e. The maximum absolute atomic E-state index is 12.3. The zero-order valence-electron chi connectivity index (χ0n) is 15.0. The number of ether oxygens (including phenoxy) is 3. The van der Waals surface area contributed by atoms with Crippen molar-refractivity contribution < 1.29 is 28.9 Å². The Hall–Kier alpha value is -2.28. The van der Waals surface area contributed by atoms with E-state index in [2.05, 4.69) is 5.32 Å². The standard InChI is InChI=1S/C18H25NO6/c1-5-24-14-10-18(16(21)22,17(14,2)3)19-15(20)11-25-13-8-6-7-12(9-13)23-4/h6-9,14H,5,10-11H2,1-4H3,(H,19,20)(H,21,22). The van der Waals surface area contributed by atoms with Crippen molar-refractivity contribution in [2.24, 2.45) is 5.41 Å². The maximum Gasteiger partial charge on any atom is 0.330 e. The molecule has 0 radical (unpaired) electrons. The summed E-state index contributed by atoms with van der Waals surface area (Å²) in [6, 6.07) is 6.85. The second-order valence-electron chi connectivity index (χ2n) is 6.60. The Morgan fingerprint density at radius 3 is 2.56 bits per heavy atom. The number of carbonyl (C=O) groups is 2. The molecule has 2 unspecified atom stereocenters. The Morgan fingerprint density at radius 1 is 1.32 bits per heavy atom. The minimum Gasteiger partial charge on any atom is -0.497 e. The van der Waals surface area contributed by atoms with Crippen molar-refractivity contribution in [1.29, 1.82) is 0 Å². The molecule has 0 bridgehead atoms. The Balaban J connectivity index is 2.01. The van der Waals surface area contributed by atoms with Gasteiger partial charge in [-0.3, -0.25) is 4.79 Å². The zero-order chi connectivity index (χ0) is 18.7. The molecule has 0 spiro atoms. The van der Waals surface area contributed by atoms with Crippen LogP contribution in [0.1, 0.15) is 27.2 Å². The number of rotatable bonds is 8. The fourth-order valence-corrected chi connectivity index (χ4v) is 3.15. The number of carboxylic acid groups (broad SMARTS) is 1. The van der Waals surface area contributed by atoms with Crippen molar-refractivity contribution in [2.45, 2.75) is 38.8 Å². The van der Waals surface area contributed by atoms with Gasteiger partial charge in [0.1, 0.15) is 17.0 Å². The van der Waals surface area contributed by atoms with Gasteiger partial charge in [-0.15, -0.1) is 0 Å². The molecular weight excluding hydrogens is 326 g/mol. The van der Waals surface area contributed by atoms with Crippen LogP contribution in [0.25, 0.3) is 0 Å². The van der Waals surface area contributed by atoms with Gasteiger partial charge < -0.3 is 24.6 Å². The van der Waals surface area contributed by atoms with E-state index in [1.807, 2.05) is 6.92 Å². The van der Waals surface area contributed by atoms with Gasteiger partial charge in [0.05, 0.1) is 13.2 Å². The molecule has 0 aliphatic heterocycles. The van der Waals surface area contributed by atoms with E-state index < -0.39 is 22.8 Å². The Morgan fingerprint density at radius 2 is 2.00 bits per heavy atom. The normalized spacial score (nSPS) is 24.1. The van der Waals surface area contributed by atoms with Crippen molar-refractivity contribution in [3.63, 3.8) is 0 Å². The minimum atomic E-state index is -1.36. The summed E-state index contributed by atoms with van der Waals surface area (Å²) in [6.45, 7) is 5.65. The molecule has 1 fully saturated rings. The first-order valence-electron chi connectivity index (χ1n) is 8.19. The molecule has 2 N–H and O–H groups in total. The molecule has 1 saturated carbocycles. The van der Waals surface area contributed by atoms with Crippen molar-refractivity contribution in [3.8, 4) is 11.5 Å². The molecule has 1 aliphatic rings. The van der Waals surface area contributed by atoms with E-state index in [4.69, 9.17) is 14.2 Å². The van der Waals surface area contributed by atoms with Crippen LogP contribution in [-0.2, 0) is 14.3 Å². The lowest BCUT2D eigenvalue weighted by Crippen LogP contribution is -2.76. The number of amides is 1. The van der Waals surface area contributed by atoms with Crippen LogP contribution in [0.3, 0.4) is 0 Å². The van der Waals surface area contributed by atoms with Crippen LogP contribution in [0, 0.1) is 5.41 Å². The van der Waals surface area contributed by atoms with Crippen molar-refractivity contribution >= 4 is 11.9 Å². The second-order valence-corrected chi connectivity index (χ2v) is 6.60. The predicted octanol–water partition coefficient (Wildman–Crippen LogP) is 1.85. The van der Waals surface area contributed by atoms with Crippen LogP contribution >= 0.6 is 0 Å². The molecule has 0 saturated heterocycles. The van der Waals surface area contributed by atoms with Gasteiger partial charge in [0.15, 0.2) is 6.61 Å². The number of nitrogens with one attached hydrogen (secondary N) is 1. The van der Waals surface area contributed by atoms with E-state index in [9.17, 15) is 14.7 Å². The fourth-order valence-electron chi connectivity index (χ4n) is 3.15. The van der Waals surface area contributed by atoms with Gasteiger partial charge in [-0.1, -0.05) is 19.9 Å². The first kappa shape index (κ1) is 19.1. The Labute approximate surface area is 147 Å². The van der Waals surface area contributed by atoms with Gasteiger partial charge in [0.25, 0.3) is 5.91 Å². The number of carboxylic acids is 1. The zero-order valence-corrected chi connectivity index (χ0v) is 15.0. The quantitative estimate of drug-likeness (QED) is 0.742. The van der Waals surface area contributed by atoms with Crippen molar-refractivity contribution in [2.75, 3.05) is 20.3 Å². The first-order chi connectivity index (χ1) is 11.8. The average Bonchev–Trinajstić information content (AvgIpc) is 2.58. The highest BCUT2D eigenvalue weighted by Gasteiger charge is 2.66. The second kappa shape index (κ2) is 7.31. The molecule has 25 heavy (non-hydrogen) atoms. The number of hydrogen-bond acceptors (Lipinski definition) is 5. The minimum absolute atomic E-state index is 0.215. The molecule has 2 atom stereocenters. The highest BCUT2D eigenvalue weighted by molar-refractivity contribution is 5.90. The number of carbonyl (C=O) groups excluding carboxylic acids is 1. The predicted molar refractivity (Wildman–Crippen MR) is 90.8 cm³/mol. The topological polar surface area (TPSA) is 94.1 Å². The highest BCUT2D eigenvalue weighted by Crippen LogP contribution is 2.51. The lowest BCUT2D eigenvalue weighted by molar-refractivity contribution is -0.194. The lowest BCUT2D eigenvalue weighted by atomic mass is 9.54. The van der Waals surface area contributed by atoms with Crippen LogP contribution in [0.4, 0.5) is 0 Å². The van der Waals surface area contributed by atoms with Gasteiger partial charge >= 0.3 is 5.97 Å². The van der Waals surface area contributed by atoms with Crippen LogP contribution in [-0.4, -0.2) is 48.9 Å². The van der Waals surface area contributed by atoms with E-state index >= 15 is 0 Å². The Kier molecular flexibility index (Phi) is 5.57. The van der Waals surface area contributed by atoms with Gasteiger partial charge in [-0.2, -0.15) is 0 Å². The molecule has 2 rings (SSSR count). The maximum atomic E-state index is 12.3. The van der Waals surface area contributed by atoms with Crippen LogP contribution in [0.5, 0.6) is 11.5 Å². The SMILES string of the molecule is CCOC1CC(NC(=O)COc2cccc(OC)c2)(C(=O)O)C1(C)C. The van der Waals surface area contributed by atoms with E-state index in [0.29, 0.717) is 18.1 Å². The van der Waals surface area contributed by atoms with E-state index in [0.717, 1.165) is 0 Å². The summed E-state index contributed by atoms with van der Waals surface area (Å²) < 4.78 is 16.1. The average molecular weight is 351 g/mol. The van der Waals surface area contributed by atoms with Crippen LogP contribution in [0.15, 0.2) is 24.3 Å². The molecule has 1 amide bonds. The number of aliphatic carboxylic acids is 1. The summed E-state index contributed by atoms with van der Waals surface area (Å²) in [7, 11) is 1.54. The van der Waals surface area contributed by atoms with Gasteiger partial charge in [-0.05, 0) is 19.1 Å². The van der Waals surface area contributed by atoms with E-state index in [-0.39, 0.29) is 19.1 Å². The summed E-state index contributed by atoms with van der Waals surface area (Å²) in [5, 5.41) is 12.3. The molecule has 0 aromatic heterocycles. The highest BCUT2D eigenvalue weighted by atomic mass is 16.5. The number of hydrogen-bond donors (Lipinski definition) is 2. The monoisotopic (exact) mass is 351 g/mol. The lowest BCUT2D eigenvalue weighted by Gasteiger charge is -2.58. The molecular formula is C18H25NO6. The summed E-state index contributed by atoms with van der Waals surface area (Å²) in [5.41, 5.74) is -2.08. The van der Waals surface area contributed by atoms with Crippen molar-refractivity contribution in [3.05, 3.63) is 24.3 Å². The fraction of sp³-hybridized carbons (Fsp3) is 0.556. The molecule has 7 nitrogen and oxygen atoms in total. The molecule has 1 aliphatic carbocycles. The van der Waals surface area contributed by atoms with Gasteiger partial charge in [-0.25, -0.2) is 4.79 Å². The van der Waals surface area contributed by atoms with Gasteiger partial charge in [0, 0.05) is 24.5 Å². The summed E-state index contributed by atoms with van der Waals surface area (Å²) in [6.07, 6.45) is 0.0156. The molecule has 0 heterocycles. The van der Waals surface area contributed by atoms with E-state index in [1.54, 1.807) is 38.1 Å². The molecule has 1 aromatic carbocycles. The smallest absolute Gasteiger partial charge is 0.330 e. The summed E-state index contributed by atoms with van der Waals surface area (Å²) in [4.78, 5) is 24.1. The first-order valence-corrected chi connectivity index (χ1v) is 8.19. The van der Waals surface area contributed by atoms with Crippen LogP contribution < -0.4 is 14.8 Å².